The zero-order valence-electron chi connectivity index (χ0n) is 14.8. The molecule has 0 aliphatic carbocycles. The van der Waals surface area contributed by atoms with Crippen molar-refractivity contribution in [1.29, 1.82) is 0 Å². The van der Waals surface area contributed by atoms with E-state index in [0.29, 0.717) is 16.9 Å². The summed E-state index contributed by atoms with van der Waals surface area (Å²) in [7, 11) is -3.71. The number of carbonyl (C=O) groups excluding carboxylic acids is 2. The van der Waals surface area contributed by atoms with Gasteiger partial charge in [-0.1, -0.05) is 17.7 Å². The van der Waals surface area contributed by atoms with E-state index in [2.05, 4.69) is 15.6 Å². The van der Waals surface area contributed by atoms with Gasteiger partial charge in [0.05, 0.1) is 16.7 Å². The lowest BCUT2D eigenvalue weighted by atomic mass is 10.2. The zero-order chi connectivity index (χ0) is 19.3. The number of amides is 2. The first kappa shape index (κ1) is 19.7. The van der Waals surface area contributed by atoms with Crippen molar-refractivity contribution in [3.05, 3.63) is 53.0 Å². The van der Waals surface area contributed by atoms with Crippen LogP contribution in [0.2, 0.25) is 0 Å². The Bertz CT molecular complexity index is 918. The van der Waals surface area contributed by atoms with E-state index in [-0.39, 0.29) is 17.9 Å². The highest BCUT2D eigenvalue weighted by Crippen LogP contribution is 2.16. The largest absolute Gasteiger partial charge is 0.469 e. The second kappa shape index (κ2) is 8.15. The quantitative estimate of drug-likeness (QED) is 0.655. The maximum atomic E-state index is 12.3. The van der Waals surface area contributed by atoms with Gasteiger partial charge in [-0.2, -0.15) is 0 Å². The minimum atomic E-state index is -3.71. The molecule has 0 unspecified atom stereocenters. The van der Waals surface area contributed by atoms with Crippen LogP contribution in [0.3, 0.4) is 0 Å². The molecule has 0 saturated carbocycles. The summed E-state index contributed by atoms with van der Waals surface area (Å²) < 4.78 is 31.9. The van der Waals surface area contributed by atoms with E-state index >= 15 is 0 Å². The maximum Gasteiger partial charge on any atom is 0.273 e. The van der Waals surface area contributed by atoms with Crippen LogP contribution in [-0.4, -0.2) is 26.8 Å². The van der Waals surface area contributed by atoms with Crippen LogP contribution in [0.5, 0.6) is 0 Å². The number of hydrogen-bond acceptors (Lipinski definition) is 5. The van der Waals surface area contributed by atoms with Crippen molar-refractivity contribution in [2.45, 2.75) is 32.1 Å². The number of furan rings is 1. The summed E-state index contributed by atoms with van der Waals surface area (Å²) in [5, 5.41) is 0. The molecule has 0 spiro atoms. The fourth-order valence-electron chi connectivity index (χ4n) is 2.35. The number of hydrogen-bond donors (Lipinski definition) is 3. The average Bonchev–Trinajstić information content (AvgIpc) is 2.98. The lowest BCUT2D eigenvalue weighted by Gasteiger charge is -2.10. The van der Waals surface area contributed by atoms with Crippen LogP contribution < -0.4 is 15.6 Å². The molecule has 8 nitrogen and oxygen atoms in total. The van der Waals surface area contributed by atoms with E-state index in [1.807, 2.05) is 6.92 Å². The van der Waals surface area contributed by atoms with Crippen molar-refractivity contribution >= 4 is 21.8 Å². The van der Waals surface area contributed by atoms with Crippen LogP contribution in [0.15, 0.2) is 39.8 Å². The second-order valence-electron chi connectivity index (χ2n) is 5.81. The molecular weight excluding hydrogens is 358 g/mol. The summed E-state index contributed by atoms with van der Waals surface area (Å²) in [4.78, 5) is 23.7. The molecule has 0 fully saturated rings. The van der Waals surface area contributed by atoms with E-state index in [1.165, 1.54) is 18.4 Å². The van der Waals surface area contributed by atoms with Gasteiger partial charge in [0, 0.05) is 13.0 Å². The lowest BCUT2D eigenvalue weighted by Crippen LogP contribution is -2.42. The van der Waals surface area contributed by atoms with Crippen molar-refractivity contribution in [3.63, 3.8) is 0 Å². The van der Waals surface area contributed by atoms with E-state index in [1.54, 1.807) is 26.0 Å². The number of sulfonamides is 1. The van der Waals surface area contributed by atoms with Crippen LogP contribution in [0.1, 0.15) is 33.7 Å². The third-order valence-electron chi connectivity index (χ3n) is 3.68. The van der Waals surface area contributed by atoms with Crippen LogP contribution in [0, 0.1) is 20.8 Å². The molecule has 2 amide bonds. The minimum absolute atomic E-state index is 0.0951. The predicted molar refractivity (Wildman–Crippen MR) is 94.8 cm³/mol. The Morgan fingerprint density at radius 1 is 1.08 bits per heavy atom. The minimum Gasteiger partial charge on any atom is -0.469 e. The fourth-order valence-corrected chi connectivity index (χ4v) is 3.61. The Morgan fingerprint density at radius 3 is 2.42 bits per heavy atom. The molecule has 0 bridgehead atoms. The highest BCUT2D eigenvalue weighted by molar-refractivity contribution is 7.89. The van der Waals surface area contributed by atoms with Crippen LogP contribution >= 0.6 is 0 Å². The first-order valence-corrected chi connectivity index (χ1v) is 9.39. The Labute approximate surface area is 152 Å². The van der Waals surface area contributed by atoms with Gasteiger partial charge < -0.3 is 4.42 Å². The van der Waals surface area contributed by atoms with E-state index in [0.717, 1.165) is 5.56 Å². The molecule has 0 saturated heterocycles. The Morgan fingerprint density at radius 2 is 1.81 bits per heavy atom. The van der Waals surface area contributed by atoms with Gasteiger partial charge in [-0.3, -0.25) is 20.4 Å². The summed E-state index contributed by atoms with van der Waals surface area (Å²) in [5.74, 6) is -0.610. The molecule has 2 aromatic rings. The van der Waals surface area contributed by atoms with Crippen molar-refractivity contribution < 1.29 is 22.4 Å². The van der Waals surface area contributed by atoms with E-state index in [9.17, 15) is 18.0 Å². The SMILES string of the molecule is Cc1ccc(S(=O)(=O)NCCC(=O)NNC(=O)c2ccoc2C)c(C)c1. The number of hydrazine groups is 1. The van der Waals surface area contributed by atoms with Crippen LogP contribution in [0.25, 0.3) is 0 Å². The van der Waals surface area contributed by atoms with Crippen molar-refractivity contribution in [2.24, 2.45) is 0 Å². The monoisotopic (exact) mass is 379 g/mol. The zero-order valence-corrected chi connectivity index (χ0v) is 15.6. The molecular formula is C17H21N3O5S. The highest BCUT2D eigenvalue weighted by atomic mass is 32.2. The predicted octanol–water partition coefficient (Wildman–Crippen LogP) is 1.33. The standard InChI is InChI=1S/C17H21N3O5S/c1-11-4-5-15(12(2)10-11)26(23,24)18-8-6-16(21)19-20-17(22)14-7-9-25-13(14)3/h4-5,7,9-10,18H,6,8H2,1-3H3,(H,19,21)(H,20,22). The number of nitrogens with one attached hydrogen (secondary N) is 3. The van der Waals surface area contributed by atoms with Crippen molar-refractivity contribution in [3.8, 4) is 0 Å². The van der Waals surface area contributed by atoms with Crippen molar-refractivity contribution in [1.82, 2.24) is 15.6 Å². The second-order valence-corrected chi connectivity index (χ2v) is 7.54. The topological polar surface area (TPSA) is 118 Å². The molecule has 140 valence electrons. The number of benzene rings is 1. The molecule has 2 rings (SSSR count). The lowest BCUT2D eigenvalue weighted by molar-refractivity contribution is -0.121. The number of aryl methyl sites for hydroxylation is 3. The third kappa shape index (κ3) is 4.93. The molecule has 0 aliphatic rings. The average molecular weight is 379 g/mol. The van der Waals surface area contributed by atoms with Gasteiger partial charge in [0.2, 0.25) is 15.9 Å². The Kier molecular flexibility index (Phi) is 6.17. The summed E-state index contributed by atoms with van der Waals surface area (Å²) in [6, 6.07) is 6.49. The van der Waals surface area contributed by atoms with Crippen molar-refractivity contribution in [2.75, 3.05) is 6.54 Å². The summed E-state index contributed by atoms with van der Waals surface area (Å²) in [5.41, 5.74) is 6.37. The van der Waals surface area contributed by atoms with Crippen LogP contribution in [0.4, 0.5) is 0 Å². The van der Waals surface area contributed by atoms with Gasteiger partial charge in [0.25, 0.3) is 5.91 Å². The fraction of sp³-hybridized carbons (Fsp3) is 0.294. The number of rotatable bonds is 6. The summed E-state index contributed by atoms with van der Waals surface area (Å²) >= 11 is 0. The van der Waals surface area contributed by atoms with Gasteiger partial charge in [-0.05, 0) is 38.5 Å². The highest BCUT2D eigenvalue weighted by Gasteiger charge is 2.17. The van der Waals surface area contributed by atoms with Gasteiger partial charge in [-0.25, -0.2) is 13.1 Å². The smallest absolute Gasteiger partial charge is 0.273 e. The molecule has 1 heterocycles. The Hall–Kier alpha value is -2.65. The molecule has 1 aromatic carbocycles. The van der Waals surface area contributed by atoms with Gasteiger partial charge in [0.15, 0.2) is 0 Å². The molecule has 3 N–H and O–H groups in total. The van der Waals surface area contributed by atoms with E-state index < -0.39 is 21.8 Å². The van der Waals surface area contributed by atoms with Gasteiger partial charge in [0.1, 0.15) is 5.76 Å². The maximum absolute atomic E-state index is 12.3. The van der Waals surface area contributed by atoms with E-state index in [4.69, 9.17) is 4.42 Å². The van der Waals surface area contributed by atoms with Gasteiger partial charge in [-0.15, -0.1) is 0 Å². The normalized spacial score (nSPS) is 11.2. The molecule has 0 atom stereocenters. The Balaban J connectivity index is 1.82. The molecule has 0 aliphatic heterocycles. The first-order valence-electron chi connectivity index (χ1n) is 7.91. The van der Waals surface area contributed by atoms with Crippen LogP contribution in [-0.2, 0) is 14.8 Å². The van der Waals surface area contributed by atoms with Gasteiger partial charge >= 0.3 is 0 Å². The first-order chi connectivity index (χ1) is 12.2. The molecule has 1 aromatic heterocycles. The summed E-state index contributed by atoms with van der Waals surface area (Å²) in [6.07, 6.45) is 1.24. The molecule has 26 heavy (non-hydrogen) atoms. The molecule has 9 heteroatoms. The number of carbonyl (C=O) groups is 2. The molecule has 0 radical (unpaired) electrons. The summed E-state index contributed by atoms with van der Waals surface area (Å²) in [6.45, 7) is 5.11. The third-order valence-corrected chi connectivity index (χ3v) is 5.30.